The van der Waals surface area contributed by atoms with Crippen molar-refractivity contribution in [3.05, 3.63) is 76.3 Å². The summed E-state index contributed by atoms with van der Waals surface area (Å²) in [4.78, 5) is 12.2. The molecular formula is C20H17BrN2O2. The number of hydrogen-bond donors (Lipinski definition) is 1. The van der Waals surface area contributed by atoms with Crippen LogP contribution in [-0.4, -0.2) is 19.2 Å². The molecule has 0 spiro atoms. The highest BCUT2D eigenvalue weighted by Gasteiger charge is 2.08. The zero-order valence-corrected chi connectivity index (χ0v) is 15.3. The number of hydrazone groups is 1. The van der Waals surface area contributed by atoms with Gasteiger partial charge in [0.25, 0.3) is 0 Å². The lowest BCUT2D eigenvalue weighted by molar-refractivity contribution is -0.120. The predicted octanol–water partition coefficient (Wildman–Crippen LogP) is 4.30. The number of amides is 1. The van der Waals surface area contributed by atoms with Gasteiger partial charge >= 0.3 is 0 Å². The second-order valence-electron chi connectivity index (χ2n) is 5.46. The van der Waals surface area contributed by atoms with Crippen LogP contribution in [0.1, 0.15) is 11.1 Å². The number of halogens is 1. The van der Waals surface area contributed by atoms with E-state index in [4.69, 9.17) is 4.74 Å². The van der Waals surface area contributed by atoms with Gasteiger partial charge in [0.1, 0.15) is 5.75 Å². The molecule has 1 amide bonds. The molecule has 0 saturated carbocycles. The summed E-state index contributed by atoms with van der Waals surface area (Å²) in [6.07, 6.45) is 1.84. The van der Waals surface area contributed by atoms with Crippen LogP contribution in [0.5, 0.6) is 5.75 Å². The first-order valence-corrected chi connectivity index (χ1v) is 8.59. The van der Waals surface area contributed by atoms with Gasteiger partial charge in [-0.3, -0.25) is 4.79 Å². The fourth-order valence-corrected chi connectivity index (χ4v) is 3.12. The molecule has 0 aliphatic carbocycles. The van der Waals surface area contributed by atoms with Crippen LogP contribution >= 0.6 is 15.9 Å². The first kappa shape index (κ1) is 17.2. The van der Waals surface area contributed by atoms with E-state index in [1.54, 1.807) is 13.3 Å². The Morgan fingerprint density at radius 1 is 1.08 bits per heavy atom. The Morgan fingerprint density at radius 3 is 2.60 bits per heavy atom. The van der Waals surface area contributed by atoms with E-state index in [2.05, 4.69) is 26.5 Å². The van der Waals surface area contributed by atoms with Crippen LogP contribution < -0.4 is 10.2 Å². The minimum absolute atomic E-state index is 0.168. The molecule has 0 unspecified atom stereocenters. The highest BCUT2D eigenvalue weighted by Crippen LogP contribution is 2.27. The zero-order valence-electron chi connectivity index (χ0n) is 13.7. The fourth-order valence-electron chi connectivity index (χ4n) is 2.64. The lowest BCUT2D eigenvalue weighted by Gasteiger charge is -2.07. The van der Waals surface area contributed by atoms with E-state index in [0.29, 0.717) is 5.75 Å². The van der Waals surface area contributed by atoms with E-state index in [1.807, 2.05) is 60.7 Å². The van der Waals surface area contributed by atoms with Gasteiger partial charge in [-0.15, -0.1) is 0 Å². The van der Waals surface area contributed by atoms with Crippen molar-refractivity contribution in [1.29, 1.82) is 0 Å². The molecule has 0 heterocycles. The smallest absolute Gasteiger partial charge is 0.244 e. The van der Waals surface area contributed by atoms with Crippen molar-refractivity contribution >= 4 is 38.8 Å². The molecule has 0 saturated heterocycles. The maximum Gasteiger partial charge on any atom is 0.244 e. The monoisotopic (exact) mass is 396 g/mol. The standard InChI is InChI=1S/C20H17BrN2O2/c1-25-19-9-5-2-6-15(19)13-22-23-20(24)12-14-10-11-18(21)17-8-4-3-7-16(14)17/h2-11,13H,12H2,1H3,(H,23,24)/b22-13+. The summed E-state index contributed by atoms with van der Waals surface area (Å²) >= 11 is 3.54. The molecule has 1 N–H and O–H groups in total. The van der Waals surface area contributed by atoms with Gasteiger partial charge in [-0.05, 0) is 34.5 Å². The topological polar surface area (TPSA) is 50.7 Å². The molecule has 0 radical (unpaired) electrons. The van der Waals surface area contributed by atoms with Gasteiger partial charge in [-0.2, -0.15) is 5.10 Å². The first-order chi connectivity index (χ1) is 12.2. The normalized spacial score (nSPS) is 11.0. The molecule has 0 bridgehead atoms. The number of fused-ring (bicyclic) bond motifs is 1. The Morgan fingerprint density at radius 2 is 1.80 bits per heavy atom. The molecule has 3 aromatic carbocycles. The zero-order chi connectivity index (χ0) is 17.6. The minimum Gasteiger partial charge on any atom is -0.496 e. The Hall–Kier alpha value is -2.66. The van der Waals surface area contributed by atoms with Crippen molar-refractivity contribution in [3.63, 3.8) is 0 Å². The van der Waals surface area contributed by atoms with Crippen LogP contribution in [-0.2, 0) is 11.2 Å². The molecule has 25 heavy (non-hydrogen) atoms. The molecular weight excluding hydrogens is 380 g/mol. The van der Waals surface area contributed by atoms with Crippen molar-refractivity contribution in [2.24, 2.45) is 5.10 Å². The number of carbonyl (C=O) groups is 1. The van der Waals surface area contributed by atoms with Crippen molar-refractivity contribution in [3.8, 4) is 5.75 Å². The van der Waals surface area contributed by atoms with Crippen molar-refractivity contribution < 1.29 is 9.53 Å². The maximum atomic E-state index is 12.2. The SMILES string of the molecule is COc1ccccc1/C=N/NC(=O)Cc1ccc(Br)c2ccccc12. The van der Waals surface area contributed by atoms with Crippen LogP contribution in [0.15, 0.2) is 70.2 Å². The van der Waals surface area contributed by atoms with Crippen LogP contribution in [0.3, 0.4) is 0 Å². The molecule has 0 fully saturated rings. The Balaban J connectivity index is 1.71. The van der Waals surface area contributed by atoms with Gasteiger partial charge in [0.15, 0.2) is 0 Å². The Labute approximate surface area is 154 Å². The average molecular weight is 397 g/mol. The van der Waals surface area contributed by atoms with Crippen molar-refractivity contribution in [2.75, 3.05) is 7.11 Å². The molecule has 3 aromatic rings. The van der Waals surface area contributed by atoms with E-state index in [1.165, 1.54) is 0 Å². The van der Waals surface area contributed by atoms with E-state index >= 15 is 0 Å². The van der Waals surface area contributed by atoms with E-state index in [-0.39, 0.29) is 12.3 Å². The summed E-state index contributed by atoms with van der Waals surface area (Å²) in [5, 5.41) is 6.17. The molecule has 0 aliphatic rings. The molecule has 0 aromatic heterocycles. The van der Waals surface area contributed by atoms with Crippen LogP contribution in [0.25, 0.3) is 10.8 Å². The second kappa shape index (κ2) is 7.94. The van der Waals surface area contributed by atoms with Gasteiger partial charge < -0.3 is 4.74 Å². The summed E-state index contributed by atoms with van der Waals surface area (Å²) < 4.78 is 6.26. The second-order valence-corrected chi connectivity index (χ2v) is 6.32. The van der Waals surface area contributed by atoms with E-state index < -0.39 is 0 Å². The number of ether oxygens (including phenoxy) is 1. The predicted molar refractivity (Wildman–Crippen MR) is 104 cm³/mol. The molecule has 3 rings (SSSR count). The fraction of sp³-hybridized carbons (Fsp3) is 0.100. The summed E-state index contributed by atoms with van der Waals surface area (Å²) in [6.45, 7) is 0. The third-order valence-electron chi connectivity index (χ3n) is 3.84. The number of benzene rings is 3. The highest BCUT2D eigenvalue weighted by molar-refractivity contribution is 9.10. The number of carbonyl (C=O) groups excluding carboxylic acids is 1. The number of hydrogen-bond acceptors (Lipinski definition) is 3. The van der Waals surface area contributed by atoms with Crippen LogP contribution in [0.4, 0.5) is 0 Å². The number of para-hydroxylation sites is 1. The summed E-state index contributed by atoms with van der Waals surface area (Å²) in [5.41, 5.74) is 4.34. The molecule has 4 nitrogen and oxygen atoms in total. The largest absolute Gasteiger partial charge is 0.496 e. The van der Waals surface area contributed by atoms with Crippen molar-refractivity contribution in [2.45, 2.75) is 6.42 Å². The van der Waals surface area contributed by atoms with Crippen LogP contribution in [0.2, 0.25) is 0 Å². The quantitative estimate of drug-likeness (QED) is 0.516. The van der Waals surface area contributed by atoms with Crippen LogP contribution in [0, 0.1) is 0 Å². The van der Waals surface area contributed by atoms with E-state index in [0.717, 1.165) is 26.4 Å². The number of nitrogens with zero attached hydrogens (tertiary/aromatic N) is 1. The van der Waals surface area contributed by atoms with Gasteiger partial charge in [0, 0.05) is 10.0 Å². The number of methoxy groups -OCH3 is 1. The molecule has 126 valence electrons. The van der Waals surface area contributed by atoms with Gasteiger partial charge in [0.2, 0.25) is 5.91 Å². The third-order valence-corrected chi connectivity index (χ3v) is 4.54. The van der Waals surface area contributed by atoms with Gasteiger partial charge in [0.05, 0.1) is 19.7 Å². The molecule has 0 aliphatic heterocycles. The third kappa shape index (κ3) is 4.06. The molecule has 5 heteroatoms. The Kier molecular flexibility index (Phi) is 5.46. The first-order valence-electron chi connectivity index (χ1n) is 7.80. The van der Waals surface area contributed by atoms with Crippen molar-refractivity contribution in [1.82, 2.24) is 5.43 Å². The lowest BCUT2D eigenvalue weighted by atomic mass is 10.0. The summed E-state index contributed by atoms with van der Waals surface area (Å²) in [6, 6.07) is 19.4. The summed E-state index contributed by atoms with van der Waals surface area (Å²) in [7, 11) is 1.60. The minimum atomic E-state index is -0.168. The number of rotatable bonds is 5. The molecule has 0 atom stereocenters. The highest BCUT2D eigenvalue weighted by atomic mass is 79.9. The van der Waals surface area contributed by atoms with E-state index in [9.17, 15) is 4.79 Å². The number of nitrogens with one attached hydrogen (secondary N) is 1. The average Bonchev–Trinajstić information content (AvgIpc) is 2.65. The maximum absolute atomic E-state index is 12.2. The lowest BCUT2D eigenvalue weighted by Crippen LogP contribution is -2.20. The van der Waals surface area contributed by atoms with Gasteiger partial charge in [-0.1, -0.05) is 58.4 Å². The summed E-state index contributed by atoms with van der Waals surface area (Å²) in [5.74, 6) is 0.540. The Bertz CT molecular complexity index is 938. The van der Waals surface area contributed by atoms with Gasteiger partial charge in [-0.25, -0.2) is 5.43 Å².